The zero-order valence-electron chi connectivity index (χ0n) is 5.82. The zero-order valence-corrected chi connectivity index (χ0v) is 4.82. The average molecular weight is 125 g/mol. The molecule has 0 spiro atoms. The van der Waals surface area contributed by atoms with E-state index >= 15 is 0 Å². The molecule has 0 amide bonds. The summed E-state index contributed by atoms with van der Waals surface area (Å²) in [7, 11) is 0. The second-order valence-corrected chi connectivity index (χ2v) is 1.34. The maximum Gasteiger partial charge on any atom is 0.115 e. The smallest absolute Gasteiger partial charge is 0.115 e. The molecule has 0 heterocycles. The number of rotatable bonds is 0. The highest BCUT2D eigenvalue weighted by atomic mass is 16.3. The molecular weight excluding hydrogens is 116 g/mol. The largest absolute Gasteiger partial charge is 0.508 e. The lowest BCUT2D eigenvalue weighted by Crippen LogP contribution is -1.56. The van der Waals surface area contributed by atoms with E-state index in [-0.39, 0.29) is 6.77 Å². The van der Waals surface area contributed by atoms with Crippen LogP contribution in [0.15, 0.2) is 30.3 Å². The van der Waals surface area contributed by atoms with Gasteiger partial charge in [-0.25, -0.2) is 0 Å². The Bertz CT molecular complexity index is 174. The summed E-state index contributed by atoms with van der Waals surface area (Å²) < 4.78 is 5.53. The Labute approximate surface area is 55.2 Å². The molecular formula is C7H8O2. The van der Waals surface area contributed by atoms with Gasteiger partial charge >= 0.3 is 0 Å². The third-order valence-electron chi connectivity index (χ3n) is 0.756. The van der Waals surface area contributed by atoms with Crippen molar-refractivity contribution in [1.82, 2.24) is 0 Å². The minimum Gasteiger partial charge on any atom is -0.508 e. The molecule has 2 heteroatoms. The lowest BCUT2D eigenvalue weighted by Gasteiger charge is -1.82. The van der Waals surface area contributed by atoms with Crippen molar-refractivity contribution < 1.29 is 11.3 Å². The van der Waals surface area contributed by atoms with E-state index in [9.17, 15) is 0 Å². The zero-order chi connectivity index (χ0) is 7.82. The lowest BCUT2D eigenvalue weighted by atomic mass is 10.3. The molecule has 1 aromatic rings. The number of para-hydroxylation sites is 1. The van der Waals surface area contributed by atoms with Crippen LogP contribution in [0.5, 0.6) is 5.75 Å². The van der Waals surface area contributed by atoms with E-state index in [1.165, 1.54) is 0 Å². The van der Waals surface area contributed by atoms with Crippen LogP contribution in [0, 0.1) is 0 Å². The number of carbonyl (C=O) groups excluding carboxylic acids is 1. The minimum absolute atomic E-state index is 0. The molecule has 0 aliphatic carbocycles. The highest BCUT2D eigenvalue weighted by Gasteiger charge is 1.74. The Morgan fingerprint density at radius 2 is 1.89 bits per heavy atom. The Hall–Kier alpha value is -1.31. The number of benzene rings is 1. The average Bonchev–Trinajstić information content (AvgIpc) is 1.91. The van der Waals surface area contributed by atoms with Crippen molar-refractivity contribution in [2.24, 2.45) is 0 Å². The molecule has 0 saturated heterocycles. The molecule has 2 nitrogen and oxygen atoms in total. The van der Waals surface area contributed by atoms with Crippen molar-refractivity contribution in [3.63, 3.8) is 0 Å². The van der Waals surface area contributed by atoms with Crippen LogP contribution < -0.4 is 0 Å². The van der Waals surface area contributed by atoms with Crippen molar-refractivity contribution in [2.45, 2.75) is 0 Å². The second kappa shape index (κ2) is 4.84. The summed E-state index contributed by atoms with van der Waals surface area (Å²) in [5.41, 5.74) is 0. The molecule has 48 valence electrons. The predicted molar refractivity (Wildman–Crippen MR) is 35.2 cm³/mol. The summed E-state index contributed by atoms with van der Waals surface area (Å²) in [5.74, 6) is 0.322. The summed E-state index contributed by atoms with van der Waals surface area (Å²) in [5, 5.41) is 8.63. The van der Waals surface area contributed by atoms with Crippen molar-refractivity contribution >= 4 is 6.77 Å². The number of aromatic hydroxyl groups is 1. The molecule has 0 saturated carbocycles. The first-order valence-corrected chi connectivity index (χ1v) is 2.37. The standard InChI is InChI=1S/C6H6O.CH2O/c7-6-4-2-1-3-5-6;1-2/h1-5,7H;1H2/i;1D. The first-order valence-electron chi connectivity index (χ1n) is 2.95. The van der Waals surface area contributed by atoms with E-state index in [0.29, 0.717) is 5.75 Å². The number of phenols is 1. The fourth-order valence-electron chi connectivity index (χ4n) is 0.428. The Morgan fingerprint density at radius 1 is 1.44 bits per heavy atom. The Morgan fingerprint density at radius 3 is 2.11 bits per heavy atom. The van der Waals surface area contributed by atoms with Crippen LogP contribution in [0.4, 0.5) is 0 Å². The molecule has 1 rings (SSSR count). The van der Waals surface area contributed by atoms with Gasteiger partial charge in [0.15, 0.2) is 0 Å². The molecule has 1 aromatic carbocycles. The van der Waals surface area contributed by atoms with E-state index in [4.69, 9.17) is 11.3 Å². The topological polar surface area (TPSA) is 37.3 Å². The Balaban J connectivity index is 0.000000236. The molecule has 0 atom stereocenters. The Kier molecular flexibility index (Phi) is 3.13. The van der Waals surface area contributed by atoms with Gasteiger partial charge in [0, 0.05) is 0 Å². The number of hydrogen-bond acceptors (Lipinski definition) is 2. The fraction of sp³-hybridized carbons (Fsp3) is 0. The van der Waals surface area contributed by atoms with Crippen LogP contribution >= 0.6 is 0 Å². The monoisotopic (exact) mass is 125 g/mol. The van der Waals surface area contributed by atoms with Gasteiger partial charge in [0.25, 0.3) is 0 Å². The highest BCUT2D eigenvalue weighted by Crippen LogP contribution is 2.02. The van der Waals surface area contributed by atoms with Crippen LogP contribution in [0.1, 0.15) is 1.37 Å². The maximum absolute atomic E-state index is 8.63. The van der Waals surface area contributed by atoms with Gasteiger partial charge in [-0.2, -0.15) is 0 Å². The fourth-order valence-corrected chi connectivity index (χ4v) is 0.428. The molecule has 0 bridgehead atoms. The molecule has 0 unspecified atom stereocenters. The van der Waals surface area contributed by atoms with E-state index in [1.54, 1.807) is 24.3 Å². The van der Waals surface area contributed by atoms with Gasteiger partial charge in [0.05, 0.1) is 0 Å². The van der Waals surface area contributed by atoms with Crippen molar-refractivity contribution in [3.05, 3.63) is 30.3 Å². The van der Waals surface area contributed by atoms with Crippen molar-refractivity contribution in [2.75, 3.05) is 0 Å². The van der Waals surface area contributed by atoms with Gasteiger partial charge in [-0.05, 0) is 12.1 Å². The molecule has 0 aromatic heterocycles. The summed E-state index contributed by atoms with van der Waals surface area (Å²) in [6.07, 6.45) is 0. The third kappa shape index (κ3) is 3.29. The summed E-state index contributed by atoms with van der Waals surface area (Å²) >= 11 is 0. The predicted octanol–water partition coefficient (Wildman–Crippen LogP) is 1.21. The van der Waals surface area contributed by atoms with Crippen molar-refractivity contribution in [1.29, 1.82) is 0 Å². The van der Waals surface area contributed by atoms with Gasteiger partial charge in [-0.15, -0.1) is 0 Å². The van der Waals surface area contributed by atoms with Crippen LogP contribution in [0.2, 0.25) is 0 Å². The van der Waals surface area contributed by atoms with Gasteiger partial charge in [-0.3, -0.25) is 0 Å². The van der Waals surface area contributed by atoms with E-state index in [1.807, 2.05) is 6.07 Å². The number of hydrogen-bond donors (Lipinski definition) is 1. The van der Waals surface area contributed by atoms with Gasteiger partial charge in [0.2, 0.25) is 0 Å². The molecule has 9 heavy (non-hydrogen) atoms. The van der Waals surface area contributed by atoms with Gasteiger partial charge in [0.1, 0.15) is 13.9 Å². The molecule has 0 radical (unpaired) electrons. The molecule has 0 aliphatic heterocycles. The van der Waals surface area contributed by atoms with Gasteiger partial charge in [-0.1, -0.05) is 18.2 Å². The first kappa shape index (κ1) is 5.82. The third-order valence-corrected chi connectivity index (χ3v) is 0.756. The summed E-state index contributed by atoms with van der Waals surface area (Å²) in [6, 6.07) is 8.71. The van der Waals surface area contributed by atoms with Crippen molar-refractivity contribution in [3.8, 4) is 5.75 Å². The minimum atomic E-state index is 0. The normalized spacial score (nSPS) is 8.22. The lowest BCUT2D eigenvalue weighted by molar-refractivity contribution is -0.0979. The number of phenolic OH excluding ortho intramolecular Hbond substituents is 1. The van der Waals surface area contributed by atoms with Crippen LogP contribution in [-0.2, 0) is 4.79 Å². The maximum atomic E-state index is 8.63. The highest BCUT2D eigenvalue weighted by molar-refractivity contribution is 5.18. The first-order chi connectivity index (χ1) is 4.81. The molecule has 0 fully saturated rings. The summed E-state index contributed by atoms with van der Waals surface area (Å²) in [4.78, 5) is 8.47. The summed E-state index contributed by atoms with van der Waals surface area (Å²) in [6.45, 7) is 0. The van der Waals surface area contributed by atoms with Crippen LogP contribution in [0.3, 0.4) is 0 Å². The SMILES string of the molecule is Oc1ccccc1.[2H]C=O. The second-order valence-electron chi connectivity index (χ2n) is 1.34. The molecule has 0 aliphatic rings. The quantitative estimate of drug-likeness (QED) is 0.565. The molecule has 1 N–H and O–H groups in total. The number of carbonyl (C=O) groups is 1. The van der Waals surface area contributed by atoms with E-state index < -0.39 is 0 Å². The van der Waals surface area contributed by atoms with Gasteiger partial charge < -0.3 is 9.90 Å². The van der Waals surface area contributed by atoms with Crippen LogP contribution in [0.25, 0.3) is 0 Å². The van der Waals surface area contributed by atoms with E-state index in [0.717, 1.165) is 0 Å². The van der Waals surface area contributed by atoms with E-state index in [2.05, 4.69) is 0 Å². The van der Waals surface area contributed by atoms with Crippen LogP contribution in [-0.4, -0.2) is 11.9 Å².